The zero-order valence-electron chi connectivity index (χ0n) is 28.7. The molecule has 2 aromatic rings. The molecule has 2 aliphatic heterocycles. The maximum absolute atomic E-state index is 14.5. The van der Waals surface area contributed by atoms with Crippen LogP contribution in [0.2, 0.25) is 0 Å². The first-order valence-electron chi connectivity index (χ1n) is 16.9. The molecule has 1 saturated carbocycles. The van der Waals surface area contributed by atoms with Gasteiger partial charge in [-0.1, -0.05) is 33.6 Å². The molecular formula is C35H50N4O7S. The largest absolute Gasteiger partial charge is 0.497 e. The van der Waals surface area contributed by atoms with Crippen LogP contribution < -0.4 is 14.8 Å². The Labute approximate surface area is 283 Å². The second kappa shape index (κ2) is 14.1. The highest BCUT2D eigenvalue weighted by Crippen LogP contribution is 2.49. The Hall–Kier alpha value is -3.28. The highest BCUT2D eigenvalue weighted by molar-refractivity contribution is 7.81. The van der Waals surface area contributed by atoms with Crippen LogP contribution in [0.1, 0.15) is 85.8 Å². The Kier molecular flexibility index (Phi) is 10.5. The van der Waals surface area contributed by atoms with E-state index in [1.807, 2.05) is 45.9 Å². The molecule has 6 atom stereocenters. The number of fused-ring (bicyclic) bond motifs is 5. The van der Waals surface area contributed by atoms with Crippen molar-refractivity contribution in [1.82, 2.24) is 20.2 Å². The van der Waals surface area contributed by atoms with Crippen molar-refractivity contribution in [2.24, 2.45) is 17.8 Å². The first-order chi connectivity index (χ1) is 22.2. The molecule has 12 heteroatoms. The van der Waals surface area contributed by atoms with E-state index in [1.165, 1.54) is 4.90 Å². The molecule has 1 saturated heterocycles. The molecule has 0 unspecified atom stereocenters. The van der Waals surface area contributed by atoms with Crippen LogP contribution in [0.15, 0.2) is 18.2 Å². The molecule has 2 amide bonds. The summed E-state index contributed by atoms with van der Waals surface area (Å²) in [6, 6.07) is 3.55. The molecule has 2 bridgehead atoms. The van der Waals surface area contributed by atoms with E-state index in [1.54, 1.807) is 21.0 Å². The third kappa shape index (κ3) is 7.90. The van der Waals surface area contributed by atoms with Crippen LogP contribution in [0.25, 0.3) is 11.0 Å². The van der Waals surface area contributed by atoms with Gasteiger partial charge in [-0.25, -0.2) is 19.6 Å². The van der Waals surface area contributed by atoms with Gasteiger partial charge in [-0.05, 0) is 70.9 Å². The summed E-state index contributed by atoms with van der Waals surface area (Å²) >= 11 is 4.72. The topological polar surface area (TPSA) is 129 Å². The normalized spacial score (nSPS) is 28.7. The van der Waals surface area contributed by atoms with Gasteiger partial charge in [-0.15, -0.1) is 0 Å². The van der Waals surface area contributed by atoms with Gasteiger partial charge in [0.05, 0.1) is 31.3 Å². The molecule has 1 aromatic heterocycles. The number of benzene rings is 1. The summed E-state index contributed by atoms with van der Waals surface area (Å²) in [6.07, 6.45) is 4.49. The number of ether oxygens (including phenoxy) is 4. The monoisotopic (exact) mass is 670 g/mol. The lowest BCUT2D eigenvalue weighted by Crippen LogP contribution is -2.59. The maximum Gasteiger partial charge on any atom is 0.408 e. The van der Waals surface area contributed by atoms with Gasteiger partial charge in [0, 0.05) is 22.6 Å². The molecule has 2 fully saturated rings. The maximum atomic E-state index is 14.5. The van der Waals surface area contributed by atoms with Crippen LogP contribution in [0.3, 0.4) is 0 Å². The number of carbonyl (C=O) groups excluding carboxylic acids is 3. The van der Waals surface area contributed by atoms with Gasteiger partial charge in [0.25, 0.3) is 0 Å². The molecule has 11 nitrogen and oxygen atoms in total. The van der Waals surface area contributed by atoms with E-state index >= 15 is 0 Å². The van der Waals surface area contributed by atoms with Crippen LogP contribution in [0, 0.1) is 17.8 Å². The van der Waals surface area contributed by atoms with Crippen molar-refractivity contribution < 1.29 is 33.3 Å². The van der Waals surface area contributed by atoms with E-state index < -0.39 is 52.4 Å². The average Bonchev–Trinajstić information content (AvgIpc) is 3.49. The minimum Gasteiger partial charge on any atom is -0.497 e. The molecular weight excluding hydrogens is 620 g/mol. The van der Waals surface area contributed by atoms with E-state index in [9.17, 15) is 14.4 Å². The Morgan fingerprint density at radius 1 is 1.19 bits per heavy atom. The number of aryl methyl sites for hydroxylation is 1. The van der Waals surface area contributed by atoms with E-state index in [0.29, 0.717) is 30.0 Å². The number of nitrogens with one attached hydrogen (secondary N) is 1. The number of thiol groups is 1. The number of esters is 1. The number of amides is 2. The molecule has 1 aliphatic carbocycles. The summed E-state index contributed by atoms with van der Waals surface area (Å²) in [5.74, 6) is 0.0505. The molecule has 258 valence electrons. The number of alkyl carbamates (subject to hydrolysis) is 1. The summed E-state index contributed by atoms with van der Waals surface area (Å²) < 4.78 is 22.8. The highest BCUT2D eigenvalue weighted by Gasteiger charge is 2.55. The van der Waals surface area contributed by atoms with Gasteiger partial charge in [0.2, 0.25) is 11.8 Å². The first kappa shape index (κ1) is 35.0. The van der Waals surface area contributed by atoms with Crippen molar-refractivity contribution in [3.8, 4) is 11.6 Å². The smallest absolute Gasteiger partial charge is 0.408 e. The van der Waals surface area contributed by atoms with E-state index in [4.69, 9.17) is 41.5 Å². The van der Waals surface area contributed by atoms with Gasteiger partial charge in [-0.2, -0.15) is 12.6 Å². The van der Waals surface area contributed by atoms with Crippen molar-refractivity contribution in [2.75, 3.05) is 20.3 Å². The number of aromatic nitrogens is 2. The van der Waals surface area contributed by atoms with Crippen molar-refractivity contribution in [1.29, 1.82) is 0 Å². The molecule has 1 aromatic carbocycles. The molecule has 0 spiro atoms. The van der Waals surface area contributed by atoms with Gasteiger partial charge in [-0.3, -0.25) is 4.79 Å². The van der Waals surface area contributed by atoms with Crippen LogP contribution in [0.5, 0.6) is 11.6 Å². The van der Waals surface area contributed by atoms with Crippen LogP contribution in [0.4, 0.5) is 4.79 Å². The van der Waals surface area contributed by atoms with Gasteiger partial charge >= 0.3 is 12.1 Å². The lowest BCUT2D eigenvalue weighted by atomic mass is 9.94. The average molecular weight is 671 g/mol. The Bertz CT molecular complexity index is 1480. The van der Waals surface area contributed by atoms with E-state index in [-0.39, 0.29) is 25.0 Å². The zero-order chi connectivity index (χ0) is 34.1. The quantitative estimate of drug-likeness (QED) is 0.302. The van der Waals surface area contributed by atoms with Crippen molar-refractivity contribution in [3.05, 3.63) is 23.9 Å². The molecule has 1 N–H and O–H groups in total. The van der Waals surface area contributed by atoms with Gasteiger partial charge in [0.15, 0.2) is 0 Å². The standard InChI is InChI=1S/C35H50N4O7S/c1-8-23-27-18-39(28(23)32(41)44-19-20(2)3)31(40)29(34(4,5)47)38-33(42)46-35(6)17-21(35)12-10-9-11-13-25-30(45-27)37-26-16-22(43-7)14-15-24(26)36-25/h14-16,20-21,23,27-29,47H,8-13,17-19H2,1-7H3,(H,38,42)/t21-,23-,27+,28+,29-,35-/m1/s1. The summed E-state index contributed by atoms with van der Waals surface area (Å²) in [5, 5.41) is 2.81. The van der Waals surface area contributed by atoms with Crippen LogP contribution >= 0.6 is 12.6 Å². The highest BCUT2D eigenvalue weighted by atomic mass is 32.1. The fourth-order valence-corrected chi connectivity index (χ4v) is 7.00. The number of methoxy groups -OCH3 is 1. The first-order valence-corrected chi connectivity index (χ1v) is 17.4. The lowest BCUT2D eigenvalue weighted by molar-refractivity contribution is -0.156. The summed E-state index contributed by atoms with van der Waals surface area (Å²) in [4.78, 5) is 52.9. The van der Waals surface area contributed by atoms with Crippen molar-refractivity contribution in [3.63, 3.8) is 0 Å². The number of carbonyl (C=O) groups is 3. The molecule has 5 rings (SSSR count). The summed E-state index contributed by atoms with van der Waals surface area (Å²) in [7, 11) is 1.60. The number of nitrogens with zero attached hydrogens (tertiary/aromatic N) is 3. The fraction of sp³-hybridized carbons (Fsp3) is 0.686. The molecule has 47 heavy (non-hydrogen) atoms. The second-order valence-electron chi connectivity index (χ2n) is 14.5. The van der Waals surface area contributed by atoms with Crippen LogP contribution in [-0.2, 0) is 25.5 Å². The van der Waals surface area contributed by atoms with Gasteiger partial charge in [0.1, 0.15) is 35.2 Å². The minimum absolute atomic E-state index is 0.0902. The van der Waals surface area contributed by atoms with E-state index in [2.05, 4.69) is 5.32 Å². The number of hydrogen-bond acceptors (Lipinski definition) is 10. The predicted molar refractivity (Wildman–Crippen MR) is 181 cm³/mol. The summed E-state index contributed by atoms with van der Waals surface area (Å²) in [5.41, 5.74) is 1.53. The SMILES string of the molecule is CC[C@@H]1[C@@H]2CN(C(=O)[C@H](C(C)(C)S)NC(=O)O[C@]3(C)C[C@H]3CCCCCc3nc4ccc(OC)cc4nc3O2)[C@@H]1C(=O)OCC(C)C. The fourth-order valence-electron chi connectivity index (χ4n) is 6.82. The number of rotatable bonds is 6. The summed E-state index contributed by atoms with van der Waals surface area (Å²) in [6.45, 7) is 11.6. The van der Waals surface area contributed by atoms with E-state index in [0.717, 1.165) is 43.3 Å². The predicted octanol–water partition coefficient (Wildman–Crippen LogP) is 5.52. The third-order valence-corrected chi connectivity index (χ3v) is 9.94. The Morgan fingerprint density at radius 2 is 1.96 bits per heavy atom. The Balaban J connectivity index is 1.56. The lowest BCUT2D eigenvalue weighted by Gasteiger charge is -2.35. The minimum atomic E-state index is -1.09. The zero-order valence-corrected chi connectivity index (χ0v) is 29.6. The third-order valence-electron chi connectivity index (χ3n) is 9.68. The van der Waals surface area contributed by atoms with Crippen molar-refractivity contribution >= 4 is 41.6 Å². The molecule has 3 aliphatic rings. The van der Waals surface area contributed by atoms with Crippen molar-refractivity contribution in [2.45, 2.75) is 115 Å². The molecule has 3 heterocycles. The van der Waals surface area contributed by atoms with Crippen LogP contribution in [-0.4, -0.2) is 81.6 Å². The number of hydrogen-bond donors (Lipinski definition) is 2. The molecule has 0 radical (unpaired) electrons. The van der Waals surface area contributed by atoms with Gasteiger partial charge < -0.3 is 29.2 Å². The second-order valence-corrected chi connectivity index (χ2v) is 15.6. The Morgan fingerprint density at radius 3 is 2.64 bits per heavy atom.